The van der Waals surface area contributed by atoms with Gasteiger partial charge < -0.3 is 20.3 Å². The Kier molecular flexibility index (Phi) is 41.9. The van der Waals surface area contributed by atoms with Crippen molar-refractivity contribution < 1.29 is 24.5 Å². The summed E-state index contributed by atoms with van der Waals surface area (Å²) in [6.45, 7) is 6.27. The summed E-state index contributed by atoms with van der Waals surface area (Å²) in [4.78, 5) is 25.9. The van der Waals surface area contributed by atoms with Gasteiger partial charge in [-0.15, -0.1) is 0 Å². The number of aliphatic hydroxyl groups excluding tert-OH is 2. The van der Waals surface area contributed by atoms with Crippen molar-refractivity contribution >= 4 is 11.9 Å². The summed E-state index contributed by atoms with van der Waals surface area (Å²) in [7, 11) is 0. The summed E-state index contributed by atoms with van der Waals surface area (Å²) in [6.07, 6.45) is 56.6. The summed E-state index contributed by atoms with van der Waals surface area (Å²) in [5.74, 6) is -0.601. The highest BCUT2D eigenvalue weighted by molar-refractivity contribution is 5.77. The number of rotatable bonds is 40. The maximum absolute atomic E-state index is 13.1. The molecule has 0 bridgehead atoms. The minimum Gasteiger partial charge on any atom is -0.462 e. The average Bonchev–Trinajstić information content (AvgIpc) is 3.20. The van der Waals surface area contributed by atoms with Crippen molar-refractivity contribution in [3.05, 3.63) is 85.1 Å². The van der Waals surface area contributed by atoms with Gasteiger partial charge >= 0.3 is 5.97 Å². The Balaban J connectivity index is 4.65. The molecular weight excluding hydrogens is 707 g/mol. The molecule has 3 atom stereocenters. The fourth-order valence-electron chi connectivity index (χ4n) is 6.44. The maximum Gasteiger partial charge on any atom is 0.306 e. The molecule has 3 unspecified atom stereocenters. The number of carbonyl (C=O) groups is 2. The van der Waals surface area contributed by atoms with Gasteiger partial charge in [-0.2, -0.15) is 0 Å². The molecule has 1 amide bonds. The van der Waals surface area contributed by atoms with Crippen LogP contribution >= 0.6 is 0 Å². The first-order valence-corrected chi connectivity index (χ1v) is 23.3. The van der Waals surface area contributed by atoms with Crippen LogP contribution in [0.1, 0.15) is 201 Å². The van der Waals surface area contributed by atoms with E-state index in [0.29, 0.717) is 19.3 Å². The molecule has 0 rings (SSSR count). The third kappa shape index (κ3) is 39.6. The van der Waals surface area contributed by atoms with Crippen LogP contribution in [-0.2, 0) is 14.3 Å². The third-order valence-electron chi connectivity index (χ3n) is 9.97. The summed E-state index contributed by atoms with van der Waals surface area (Å²) in [5, 5.41) is 23.6. The lowest BCUT2D eigenvalue weighted by molar-refractivity contribution is -0.150. The van der Waals surface area contributed by atoms with Crippen molar-refractivity contribution in [3.8, 4) is 0 Å². The predicted molar refractivity (Wildman–Crippen MR) is 245 cm³/mol. The van der Waals surface area contributed by atoms with E-state index in [1.54, 1.807) is 0 Å². The lowest BCUT2D eigenvalue weighted by Crippen LogP contribution is -2.46. The highest BCUT2D eigenvalue weighted by atomic mass is 16.5. The molecule has 6 heteroatoms. The van der Waals surface area contributed by atoms with Crippen LogP contribution in [0.25, 0.3) is 0 Å². The lowest BCUT2D eigenvalue weighted by atomic mass is 10.0. The zero-order valence-electron chi connectivity index (χ0n) is 36.9. The van der Waals surface area contributed by atoms with Gasteiger partial charge in [-0.3, -0.25) is 9.59 Å². The van der Waals surface area contributed by atoms with E-state index >= 15 is 0 Å². The molecule has 6 nitrogen and oxygen atoms in total. The van der Waals surface area contributed by atoms with Crippen molar-refractivity contribution in [2.75, 3.05) is 6.61 Å². The van der Waals surface area contributed by atoms with E-state index in [0.717, 1.165) is 89.9 Å². The Labute approximate surface area is 351 Å². The van der Waals surface area contributed by atoms with Gasteiger partial charge in [0.25, 0.3) is 0 Å². The number of hydrogen-bond acceptors (Lipinski definition) is 5. The summed E-state index contributed by atoms with van der Waals surface area (Å²) in [5.41, 5.74) is 0. The molecule has 0 saturated heterocycles. The molecule has 0 aromatic rings. The number of carbonyl (C=O) groups excluding carboxylic acids is 2. The number of allylic oxidation sites excluding steroid dienone is 14. The van der Waals surface area contributed by atoms with Crippen LogP contribution in [0.3, 0.4) is 0 Å². The first-order valence-electron chi connectivity index (χ1n) is 23.3. The number of nitrogens with one attached hydrogen (secondary N) is 1. The molecule has 326 valence electrons. The number of aliphatic hydroxyl groups is 2. The summed E-state index contributed by atoms with van der Waals surface area (Å²) in [6, 6.07) is -0.722. The van der Waals surface area contributed by atoms with Gasteiger partial charge in [-0.05, 0) is 83.5 Å². The number of ether oxygens (including phenoxy) is 1. The zero-order chi connectivity index (χ0) is 41.7. The van der Waals surface area contributed by atoms with Crippen molar-refractivity contribution in [1.82, 2.24) is 5.32 Å². The minimum atomic E-state index is -0.805. The molecule has 0 aliphatic heterocycles. The van der Waals surface area contributed by atoms with Gasteiger partial charge in [0, 0.05) is 6.42 Å². The standard InChI is InChI=1S/C51H87NO5/c1-4-7-10-13-16-19-21-22-23-24-25-26-27-28-29-32-35-38-41-44-51(56)57-47(42-39-36-33-30-18-15-12-9-6-3)45-50(55)52-48(46-53)49(54)43-40-37-34-31-20-17-14-11-8-5-2/h7,10,15-16,18-19,22-23,25-26,28-29,35,38,47-49,53-54H,4-6,8-9,11-14,17,20-21,24,27,30-34,36-37,39-46H2,1-3H3,(H,52,55)/b10-7-,18-15-,19-16-,23-22-,26-25-,29-28-,38-35-. The zero-order valence-corrected chi connectivity index (χ0v) is 36.9. The predicted octanol–water partition coefficient (Wildman–Crippen LogP) is 13.6. The van der Waals surface area contributed by atoms with Crippen LogP contribution in [0.15, 0.2) is 85.1 Å². The molecule has 57 heavy (non-hydrogen) atoms. The molecule has 0 fully saturated rings. The van der Waals surface area contributed by atoms with Crippen LogP contribution in [0.5, 0.6) is 0 Å². The van der Waals surface area contributed by atoms with Gasteiger partial charge in [0.05, 0.1) is 25.2 Å². The fourth-order valence-corrected chi connectivity index (χ4v) is 6.44. The highest BCUT2D eigenvalue weighted by Crippen LogP contribution is 2.16. The van der Waals surface area contributed by atoms with E-state index in [-0.39, 0.29) is 31.3 Å². The summed E-state index contributed by atoms with van der Waals surface area (Å²) < 4.78 is 5.84. The molecule has 3 N–H and O–H groups in total. The van der Waals surface area contributed by atoms with Crippen LogP contribution < -0.4 is 5.32 Å². The second-order valence-electron chi connectivity index (χ2n) is 15.4. The monoisotopic (exact) mass is 794 g/mol. The highest BCUT2D eigenvalue weighted by Gasteiger charge is 2.24. The summed E-state index contributed by atoms with van der Waals surface area (Å²) >= 11 is 0. The molecule has 0 aliphatic rings. The van der Waals surface area contributed by atoms with Crippen molar-refractivity contribution in [2.45, 2.75) is 219 Å². The van der Waals surface area contributed by atoms with Crippen LogP contribution in [0.2, 0.25) is 0 Å². The van der Waals surface area contributed by atoms with Crippen molar-refractivity contribution in [1.29, 1.82) is 0 Å². The topological polar surface area (TPSA) is 95.9 Å². The number of amides is 1. The Morgan fingerprint density at radius 3 is 1.49 bits per heavy atom. The molecule has 0 saturated carbocycles. The average molecular weight is 794 g/mol. The third-order valence-corrected chi connectivity index (χ3v) is 9.97. The van der Waals surface area contributed by atoms with E-state index in [2.05, 4.69) is 105 Å². The van der Waals surface area contributed by atoms with E-state index in [1.165, 1.54) is 57.8 Å². The van der Waals surface area contributed by atoms with Gasteiger partial charge in [-0.1, -0.05) is 189 Å². The van der Waals surface area contributed by atoms with Crippen LogP contribution in [0, 0.1) is 0 Å². The van der Waals surface area contributed by atoms with Crippen LogP contribution in [0.4, 0.5) is 0 Å². The Hall–Kier alpha value is -2.96. The molecule has 0 spiro atoms. The van der Waals surface area contributed by atoms with Gasteiger partial charge in [0.2, 0.25) is 5.91 Å². The normalized spacial score (nSPS) is 14.1. The Bertz CT molecular complexity index is 1120. The fraction of sp³-hybridized carbons (Fsp3) is 0.686. The second-order valence-corrected chi connectivity index (χ2v) is 15.4. The first kappa shape index (κ1) is 54.0. The first-order chi connectivity index (χ1) is 28.0. The van der Waals surface area contributed by atoms with E-state index in [9.17, 15) is 19.8 Å². The van der Waals surface area contributed by atoms with Crippen molar-refractivity contribution in [3.63, 3.8) is 0 Å². The molecule has 0 radical (unpaired) electrons. The van der Waals surface area contributed by atoms with Crippen molar-refractivity contribution in [2.24, 2.45) is 0 Å². The number of unbranched alkanes of at least 4 members (excludes halogenated alkanes) is 14. The molecular formula is C51H87NO5. The number of esters is 1. The Morgan fingerprint density at radius 2 is 0.965 bits per heavy atom. The maximum atomic E-state index is 13.1. The number of hydrogen-bond donors (Lipinski definition) is 3. The van der Waals surface area contributed by atoms with E-state index < -0.39 is 18.2 Å². The minimum absolute atomic E-state index is 0.0318. The lowest BCUT2D eigenvalue weighted by Gasteiger charge is -2.24. The van der Waals surface area contributed by atoms with E-state index in [4.69, 9.17) is 4.74 Å². The van der Waals surface area contributed by atoms with Gasteiger partial charge in [0.1, 0.15) is 6.10 Å². The second kappa shape index (κ2) is 44.1. The molecule has 0 heterocycles. The van der Waals surface area contributed by atoms with E-state index in [1.807, 2.05) is 6.08 Å². The smallest absolute Gasteiger partial charge is 0.306 e. The van der Waals surface area contributed by atoms with Gasteiger partial charge in [0.15, 0.2) is 0 Å². The SMILES string of the molecule is CC/C=C\C/C=C\C/C=C\C/C=C\C/C=C\C/C=C\CCC(=O)OC(CCCCC/C=C\CCCC)CC(=O)NC(CO)C(O)CCCCCCCCCCCC. The largest absolute Gasteiger partial charge is 0.462 e. The molecule has 0 aliphatic carbocycles. The molecule has 0 aromatic carbocycles. The quantitative estimate of drug-likeness (QED) is 0.0326. The molecule has 0 aromatic heterocycles. The van der Waals surface area contributed by atoms with Gasteiger partial charge in [-0.25, -0.2) is 0 Å². The van der Waals surface area contributed by atoms with Crippen LogP contribution in [-0.4, -0.2) is 46.9 Å². The Morgan fingerprint density at radius 1 is 0.526 bits per heavy atom.